The third-order valence-electron chi connectivity index (χ3n) is 2.76. The minimum atomic E-state index is -0.633. The number of carbonyl (C=O) groups is 2. The number of ether oxygens (including phenoxy) is 2. The van der Waals surface area contributed by atoms with Crippen LogP contribution in [0.25, 0.3) is 0 Å². The van der Waals surface area contributed by atoms with Crippen LogP contribution >= 0.6 is 0 Å². The van der Waals surface area contributed by atoms with Crippen LogP contribution in [0.15, 0.2) is 0 Å². The van der Waals surface area contributed by atoms with Crippen LogP contribution in [0.3, 0.4) is 0 Å². The molecule has 2 unspecified atom stereocenters. The minimum absolute atomic E-state index is 0.0172. The maximum atomic E-state index is 11.9. The lowest BCUT2D eigenvalue weighted by Crippen LogP contribution is -2.46. The van der Waals surface area contributed by atoms with Crippen LogP contribution in [-0.2, 0) is 14.3 Å². The van der Waals surface area contributed by atoms with E-state index in [0.717, 1.165) is 19.3 Å². The van der Waals surface area contributed by atoms with E-state index >= 15 is 0 Å². The van der Waals surface area contributed by atoms with Gasteiger partial charge >= 0.3 is 12.1 Å². The van der Waals surface area contributed by atoms with Gasteiger partial charge in [0.1, 0.15) is 6.04 Å². The van der Waals surface area contributed by atoms with E-state index in [9.17, 15) is 9.59 Å². The Morgan fingerprint density at radius 3 is 2.33 bits per heavy atom. The van der Waals surface area contributed by atoms with E-state index in [1.165, 1.54) is 0 Å². The Labute approximate surface area is 109 Å². The van der Waals surface area contributed by atoms with Crippen LogP contribution in [0.4, 0.5) is 4.79 Å². The Balaban J connectivity index is 4.37. The predicted molar refractivity (Wildman–Crippen MR) is 69.3 cm³/mol. The summed E-state index contributed by atoms with van der Waals surface area (Å²) in [6, 6.07) is -0.633. The molecule has 0 saturated heterocycles. The van der Waals surface area contributed by atoms with E-state index in [-0.39, 0.29) is 18.5 Å². The smallest absolute Gasteiger partial charge is 0.407 e. The Morgan fingerprint density at radius 1 is 1.17 bits per heavy atom. The van der Waals surface area contributed by atoms with Gasteiger partial charge in [-0.15, -0.1) is 0 Å². The van der Waals surface area contributed by atoms with Gasteiger partial charge in [0.25, 0.3) is 0 Å². The summed E-state index contributed by atoms with van der Waals surface area (Å²) in [4.78, 5) is 23.2. The molecule has 0 fully saturated rings. The summed E-state index contributed by atoms with van der Waals surface area (Å²) < 4.78 is 9.92. The highest BCUT2D eigenvalue weighted by Gasteiger charge is 2.27. The summed E-state index contributed by atoms with van der Waals surface area (Å²) >= 11 is 0. The lowest BCUT2D eigenvalue weighted by molar-refractivity contribution is -0.147. The Bertz CT molecular complexity index is 255. The molecule has 1 N–H and O–H groups in total. The maximum absolute atomic E-state index is 11.9. The van der Waals surface area contributed by atoms with Gasteiger partial charge in [-0.1, -0.05) is 33.6 Å². The van der Waals surface area contributed by atoms with Crippen LogP contribution in [0.2, 0.25) is 0 Å². The molecule has 0 rings (SSSR count). The standard InChI is InChI=1S/C13H25NO4/c1-5-8-9-18-12(15)11(10(4)6-2)14-13(16)17-7-3/h10-11H,5-9H2,1-4H3,(H,14,16). The van der Waals surface area contributed by atoms with Crippen molar-refractivity contribution >= 4 is 12.1 Å². The number of nitrogens with one attached hydrogen (secondary N) is 1. The van der Waals surface area contributed by atoms with Crippen molar-refractivity contribution in [3.63, 3.8) is 0 Å². The van der Waals surface area contributed by atoms with Crippen molar-refractivity contribution in [2.45, 2.75) is 53.0 Å². The largest absolute Gasteiger partial charge is 0.464 e. The molecular formula is C13H25NO4. The Hall–Kier alpha value is -1.26. The fraction of sp³-hybridized carbons (Fsp3) is 0.846. The molecule has 0 aromatic rings. The molecule has 106 valence electrons. The predicted octanol–water partition coefficient (Wildman–Crippen LogP) is 2.49. The quantitative estimate of drug-likeness (QED) is 0.537. The summed E-state index contributed by atoms with van der Waals surface area (Å²) in [7, 11) is 0. The molecule has 1 amide bonds. The first-order chi connectivity index (χ1) is 8.56. The first-order valence-corrected chi connectivity index (χ1v) is 6.66. The number of alkyl carbamates (subject to hydrolysis) is 1. The monoisotopic (exact) mass is 259 g/mol. The SMILES string of the molecule is CCCCOC(=O)C(NC(=O)OCC)C(C)CC. The third kappa shape index (κ3) is 6.47. The van der Waals surface area contributed by atoms with Crippen molar-refractivity contribution < 1.29 is 19.1 Å². The summed E-state index contributed by atoms with van der Waals surface area (Å²) in [5, 5.41) is 2.56. The fourth-order valence-electron chi connectivity index (χ4n) is 1.38. The molecule has 18 heavy (non-hydrogen) atoms. The van der Waals surface area contributed by atoms with E-state index in [1.54, 1.807) is 6.92 Å². The van der Waals surface area contributed by atoms with Crippen molar-refractivity contribution in [1.82, 2.24) is 5.32 Å². The summed E-state index contributed by atoms with van der Waals surface area (Å²) in [5.74, 6) is -0.366. The number of esters is 1. The first kappa shape index (κ1) is 16.7. The molecule has 5 nitrogen and oxygen atoms in total. The number of hydrogen-bond acceptors (Lipinski definition) is 4. The van der Waals surface area contributed by atoms with Crippen LogP contribution in [0.5, 0.6) is 0 Å². The van der Waals surface area contributed by atoms with Crippen LogP contribution in [0, 0.1) is 5.92 Å². The topological polar surface area (TPSA) is 64.6 Å². The van der Waals surface area contributed by atoms with Crippen molar-refractivity contribution in [2.24, 2.45) is 5.92 Å². The molecular weight excluding hydrogens is 234 g/mol. The van der Waals surface area contributed by atoms with E-state index in [4.69, 9.17) is 9.47 Å². The molecule has 5 heteroatoms. The fourth-order valence-corrected chi connectivity index (χ4v) is 1.38. The number of amides is 1. The molecule has 0 aromatic carbocycles. The highest BCUT2D eigenvalue weighted by atomic mass is 16.6. The van der Waals surface area contributed by atoms with E-state index < -0.39 is 12.1 Å². The highest BCUT2D eigenvalue weighted by Crippen LogP contribution is 2.10. The highest BCUT2D eigenvalue weighted by molar-refractivity contribution is 5.81. The van der Waals surface area contributed by atoms with E-state index in [2.05, 4.69) is 5.32 Å². The molecule has 0 radical (unpaired) electrons. The number of unbranched alkanes of at least 4 members (excludes halogenated alkanes) is 1. The molecule has 0 bridgehead atoms. The molecule has 0 aliphatic carbocycles. The van der Waals surface area contributed by atoms with Gasteiger partial charge in [-0.25, -0.2) is 9.59 Å². The van der Waals surface area contributed by atoms with Gasteiger partial charge in [-0.05, 0) is 19.3 Å². The summed E-state index contributed by atoms with van der Waals surface area (Å²) in [6.07, 6.45) is 2.00. The van der Waals surface area contributed by atoms with Crippen molar-refractivity contribution in [2.75, 3.05) is 13.2 Å². The van der Waals surface area contributed by atoms with Gasteiger partial charge in [0.05, 0.1) is 13.2 Å². The summed E-state index contributed by atoms with van der Waals surface area (Å²) in [6.45, 7) is 8.28. The third-order valence-corrected chi connectivity index (χ3v) is 2.76. The normalized spacial score (nSPS) is 13.6. The van der Waals surface area contributed by atoms with Gasteiger partial charge in [0, 0.05) is 0 Å². The minimum Gasteiger partial charge on any atom is -0.464 e. The second-order valence-electron chi connectivity index (χ2n) is 4.25. The van der Waals surface area contributed by atoms with E-state index in [1.807, 2.05) is 20.8 Å². The van der Waals surface area contributed by atoms with Gasteiger partial charge in [0.15, 0.2) is 0 Å². The van der Waals surface area contributed by atoms with Crippen molar-refractivity contribution in [1.29, 1.82) is 0 Å². The molecule has 0 saturated carbocycles. The molecule has 0 spiro atoms. The lowest BCUT2D eigenvalue weighted by atomic mass is 9.99. The molecule has 2 atom stereocenters. The van der Waals surface area contributed by atoms with Gasteiger partial charge in [-0.2, -0.15) is 0 Å². The van der Waals surface area contributed by atoms with Crippen LogP contribution in [0.1, 0.15) is 47.0 Å². The Kier molecular flexibility index (Phi) is 9.06. The van der Waals surface area contributed by atoms with Crippen LogP contribution in [-0.4, -0.2) is 31.3 Å². The van der Waals surface area contributed by atoms with E-state index in [0.29, 0.717) is 6.61 Å². The average Bonchev–Trinajstić information content (AvgIpc) is 2.35. The maximum Gasteiger partial charge on any atom is 0.407 e. The zero-order chi connectivity index (χ0) is 14.0. The first-order valence-electron chi connectivity index (χ1n) is 6.66. The summed E-state index contributed by atoms with van der Waals surface area (Å²) in [5.41, 5.74) is 0. The van der Waals surface area contributed by atoms with Crippen LogP contribution < -0.4 is 5.32 Å². The van der Waals surface area contributed by atoms with Crippen molar-refractivity contribution in [3.8, 4) is 0 Å². The van der Waals surface area contributed by atoms with Gasteiger partial charge < -0.3 is 14.8 Å². The van der Waals surface area contributed by atoms with Gasteiger partial charge in [0.2, 0.25) is 0 Å². The lowest BCUT2D eigenvalue weighted by Gasteiger charge is -2.22. The second-order valence-corrected chi connectivity index (χ2v) is 4.25. The zero-order valence-electron chi connectivity index (χ0n) is 11.8. The molecule has 0 heterocycles. The number of carbonyl (C=O) groups excluding carboxylic acids is 2. The number of hydrogen-bond donors (Lipinski definition) is 1. The second kappa shape index (κ2) is 9.74. The average molecular weight is 259 g/mol. The molecule has 0 aromatic heterocycles. The number of rotatable bonds is 8. The molecule has 0 aliphatic rings. The van der Waals surface area contributed by atoms with Crippen molar-refractivity contribution in [3.05, 3.63) is 0 Å². The van der Waals surface area contributed by atoms with Gasteiger partial charge in [-0.3, -0.25) is 0 Å². The Morgan fingerprint density at radius 2 is 1.83 bits per heavy atom. The zero-order valence-corrected chi connectivity index (χ0v) is 11.8. The molecule has 0 aliphatic heterocycles.